The molecule has 0 spiro atoms. The molecule has 0 amide bonds. The van der Waals surface area contributed by atoms with Crippen LogP contribution < -0.4 is 0 Å². The van der Waals surface area contributed by atoms with Crippen molar-refractivity contribution in [1.29, 1.82) is 0 Å². The van der Waals surface area contributed by atoms with Gasteiger partial charge in [-0.3, -0.25) is 0 Å². The molecular weight excluding hydrogens is 264 g/mol. The number of hydrogen-bond donors (Lipinski definition) is 2. The number of hydrogen-bond acceptors (Lipinski definition) is 2. The Morgan fingerprint density at radius 3 is 2.24 bits per heavy atom. The molecule has 2 aromatic rings. The lowest BCUT2D eigenvalue weighted by molar-refractivity contribution is 0.0693. The number of aromatic carboxylic acids is 1. The summed E-state index contributed by atoms with van der Waals surface area (Å²) in [6, 6.07) is 13.2. The molecule has 2 N–H and O–H groups in total. The summed E-state index contributed by atoms with van der Waals surface area (Å²) in [7, 11) is 0. The fourth-order valence-electron chi connectivity index (χ4n) is 2.24. The highest BCUT2D eigenvalue weighted by Crippen LogP contribution is 2.32. The number of aromatic hydroxyl groups is 1. The second-order valence-corrected chi connectivity index (χ2v) is 6.25. The van der Waals surface area contributed by atoms with E-state index in [9.17, 15) is 15.0 Å². The fraction of sp³-hybridized carbons (Fsp3) is 0.278. The second-order valence-electron chi connectivity index (χ2n) is 6.25. The van der Waals surface area contributed by atoms with Gasteiger partial charge >= 0.3 is 5.97 Å². The third-order valence-corrected chi connectivity index (χ3v) is 3.52. The van der Waals surface area contributed by atoms with Crippen LogP contribution in [0.5, 0.6) is 5.75 Å². The van der Waals surface area contributed by atoms with E-state index >= 15 is 0 Å². The van der Waals surface area contributed by atoms with E-state index in [1.54, 1.807) is 6.07 Å². The van der Waals surface area contributed by atoms with Gasteiger partial charge in [-0.15, -0.1) is 0 Å². The van der Waals surface area contributed by atoms with Crippen molar-refractivity contribution in [3.05, 3.63) is 64.7 Å². The van der Waals surface area contributed by atoms with Crippen LogP contribution in [0.2, 0.25) is 0 Å². The first-order chi connectivity index (χ1) is 9.79. The van der Waals surface area contributed by atoms with Gasteiger partial charge in [-0.25, -0.2) is 4.79 Å². The average Bonchev–Trinajstić information content (AvgIpc) is 2.40. The monoisotopic (exact) mass is 284 g/mol. The van der Waals surface area contributed by atoms with Crippen molar-refractivity contribution in [3.8, 4) is 5.75 Å². The molecule has 0 fully saturated rings. The van der Waals surface area contributed by atoms with E-state index in [4.69, 9.17) is 0 Å². The molecule has 0 aliphatic carbocycles. The quantitative estimate of drug-likeness (QED) is 0.896. The van der Waals surface area contributed by atoms with Crippen LogP contribution in [0.3, 0.4) is 0 Å². The maximum atomic E-state index is 11.3. The number of carboxylic acid groups (broad SMARTS) is 1. The zero-order valence-corrected chi connectivity index (χ0v) is 12.6. The number of carbonyl (C=O) groups is 1. The molecule has 0 radical (unpaired) electrons. The molecule has 3 heteroatoms. The summed E-state index contributed by atoms with van der Waals surface area (Å²) in [6.45, 7) is 6.08. The number of benzene rings is 2. The number of carboxylic acids is 1. The van der Waals surface area contributed by atoms with Gasteiger partial charge in [-0.1, -0.05) is 57.2 Å². The van der Waals surface area contributed by atoms with Crippen LogP contribution in [-0.4, -0.2) is 16.2 Å². The van der Waals surface area contributed by atoms with E-state index in [0.717, 1.165) is 11.1 Å². The van der Waals surface area contributed by atoms with Crippen molar-refractivity contribution in [2.24, 2.45) is 0 Å². The summed E-state index contributed by atoms with van der Waals surface area (Å²) in [5, 5.41) is 19.5. The lowest BCUT2D eigenvalue weighted by atomic mass is 9.84. The van der Waals surface area contributed by atoms with Gasteiger partial charge in [0.25, 0.3) is 0 Å². The normalized spacial score (nSPS) is 11.4. The minimum atomic E-state index is -1.10. The highest BCUT2D eigenvalue weighted by atomic mass is 16.4. The van der Waals surface area contributed by atoms with Crippen LogP contribution in [0.25, 0.3) is 0 Å². The lowest BCUT2D eigenvalue weighted by Crippen LogP contribution is -2.13. The summed E-state index contributed by atoms with van der Waals surface area (Å²) in [4.78, 5) is 11.3. The Morgan fingerprint density at radius 1 is 1.10 bits per heavy atom. The average molecular weight is 284 g/mol. The first-order valence-corrected chi connectivity index (χ1v) is 6.92. The van der Waals surface area contributed by atoms with Gasteiger partial charge in [0.15, 0.2) is 0 Å². The summed E-state index contributed by atoms with van der Waals surface area (Å²) in [5.41, 5.74) is 2.38. The number of rotatable bonds is 3. The minimum absolute atomic E-state index is 0.0339. The van der Waals surface area contributed by atoms with Crippen LogP contribution in [0, 0.1) is 0 Å². The Bertz CT molecular complexity index is 652. The molecule has 0 aromatic heterocycles. The summed E-state index contributed by atoms with van der Waals surface area (Å²) in [5.74, 6) is -1.24. The molecule has 0 heterocycles. The molecule has 0 saturated heterocycles. The Kier molecular flexibility index (Phi) is 4.03. The van der Waals surface area contributed by atoms with Crippen molar-refractivity contribution in [2.75, 3.05) is 0 Å². The van der Waals surface area contributed by atoms with E-state index in [0.29, 0.717) is 12.0 Å². The Morgan fingerprint density at radius 2 is 1.71 bits per heavy atom. The van der Waals surface area contributed by atoms with Gasteiger partial charge in [0.2, 0.25) is 0 Å². The first-order valence-electron chi connectivity index (χ1n) is 6.92. The molecule has 0 aliphatic heterocycles. The van der Waals surface area contributed by atoms with Crippen molar-refractivity contribution in [3.63, 3.8) is 0 Å². The summed E-state index contributed by atoms with van der Waals surface area (Å²) < 4.78 is 0. The van der Waals surface area contributed by atoms with Gasteiger partial charge < -0.3 is 10.2 Å². The Labute approximate surface area is 124 Å². The molecular formula is C18H20O3. The van der Waals surface area contributed by atoms with Crippen molar-refractivity contribution >= 4 is 5.97 Å². The molecule has 0 atom stereocenters. The maximum absolute atomic E-state index is 11.3. The van der Waals surface area contributed by atoms with E-state index in [1.807, 2.05) is 57.2 Å². The van der Waals surface area contributed by atoms with Gasteiger partial charge in [-0.05, 0) is 28.2 Å². The van der Waals surface area contributed by atoms with Crippen LogP contribution in [-0.2, 0) is 11.8 Å². The second kappa shape index (κ2) is 5.60. The lowest BCUT2D eigenvalue weighted by Gasteiger charge is -2.21. The zero-order valence-electron chi connectivity index (χ0n) is 12.6. The van der Waals surface area contributed by atoms with Gasteiger partial charge in [-0.2, -0.15) is 0 Å². The topological polar surface area (TPSA) is 57.5 Å². The molecule has 2 aromatic carbocycles. The van der Waals surface area contributed by atoms with E-state index in [-0.39, 0.29) is 16.7 Å². The highest BCUT2D eigenvalue weighted by molar-refractivity contribution is 5.91. The van der Waals surface area contributed by atoms with Crippen LogP contribution >= 0.6 is 0 Å². The Balaban J connectivity index is 2.54. The van der Waals surface area contributed by atoms with Gasteiger partial charge in [0.1, 0.15) is 11.3 Å². The van der Waals surface area contributed by atoms with Crippen LogP contribution in [0.15, 0.2) is 42.5 Å². The van der Waals surface area contributed by atoms with E-state index in [1.165, 1.54) is 0 Å². The Hall–Kier alpha value is -2.29. The van der Waals surface area contributed by atoms with Gasteiger partial charge in [0.05, 0.1) is 0 Å². The SMILES string of the molecule is CC(C)(C)c1cc(Cc2ccccc2)c(O)c(C(=O)O)c1. The highest BCUT2D eigenvalue weighted by Gasteiger charge is 2.21. The molecule has 3 nitrogen and oxygen atoms in total. The third-order valence-electron chi connectivity index (χ3n) is 3.52. The molecule has 0 unspecified atom stereocenters. The third kappa shape index (κ3) is 3.43. The largest absolute Gasteiger partial charge is 0.507 e. The zero-order chi connectivity index (χ0) is 15.6. The smallest absolute Gasteiger partial charge is 0.339 e. The maximum Gasteiger partial charge on any atom is 0.339 e. The minimum Gasteiger partial charge on any atom is -0.507 e. The standard InChI is InChI=1S/C18H20O3/c1-18(2,3)14-10-13(9-12-7-5-4-6-8-12)16(19)15(11-14)17(20)21/h4-8,10-11,19H,9H2,1-3H3,(H,20,21). The van der Waals surface area contributed by atoms with Gasteiger partial charge in [0, 0.05) is 6.42 Å². The van der Waals surface area contributed by atoms with Crippen LogP contribution in [0.4, 0.5) is 0 Å². The summed E-state index contributed by atoms with van der Waals surface area (Å²) >= 11 is 0. The van der Waals surface area contributed by atoms with Crippen molar-refractivity contribution < 1.29 is 15.0 Å². The number of phenols is 1. The molecule has 2 rings (SSSR count). The predicted molar refractivity (Wildman–Crippen MR) is 83.0 cm³/mol. The molecule has 110 valence electrons. The first kappa shape index (κ1) is 15.1. The van der Waals surface area contributed by atoms with Crippen molar-refractivity contribution in [1.82, 2.24) is 0 Å². The predicted octanol–water partition coefficient (Wildman–Crippen LogP) is 3.98. The molecule has 0 bridgehead atoms. The van der Waals surface area contributed by atoms with E-state index in [2.05, 4.69) is 0 Å². The fourth-order valence-corrected chi connectivity index (χ4v) is 2.24. The van der Waals surface area contributed by atoms with Crippen LogP contribution in [0.1, 0.15) is 47.8 Å². The van der Waals surface area contributed by atoms with E-state index < -0.39 is 5.97 Å². The summed E-state index contributed by atoms with van der Waals surface area (Å²) in [6.07, 6.45) is 0.511. The molecule has 0 saturated carbocycles. The molecule has 0 aliphatic rings. The molecule has 21 heavy (non-hydrogen) atoms. The van der Waals surface area contributed by atoms with Crippen molar-refractivity contribution in [2.45, 2.75) is 32.6 Å².